The van der Waals surface area contributed by atoms with Crippen LogP contribution in [0.3, 0.4) is 0 Å². The number of hydrogen-bond acceptors (Lipinski definition) is 2. The number of hydrogen-bond donors (Lipinski definition) is 1. The Labute approximate surface area is 91.7 Å². The van der Waals surface area contributed by atoms with Crippen LogP contribution in [0.25, 0.3) is 0 Å². The molecule has 1 aromatic carbocycles. The molecule has 1 aromatic rings. The first-order valence-electron chi connectivity index (χ1n) is 5.37. The molecular weight excluding hydrogens is 186 g/mol. The van der Waals surface area contributed by atoms with Gasteiger partial charge in [-0.05, 0) is 18.9 Å². The van der Waals surface area contributed by atoms with E-state index in [2.05, 4.69) is 13.5 Å². The molecule has 1 rings (SSSR count). The van der Waals surface area contributed by atoms with E-state index in [4.69, 9.17) is 10.5 Å². The molecule has 15 heavy (non-hydrogen) atoms. The largest absolute Gasteiger partial charge is 0.493 e. The number of rotatable bonds is 6. The van der Waals surface area contributed by atoms with Crippen molar-refractivity contribution in [2.45, 2.75) is 25.8 Å². The summed E-state index contributed by atoms with van der Waals surface area (Å²) in [5, 5.41) is 0. The predicted octanol–water partition coefficient (Wildman–Crippen LogP) is 3.05. The van der Waals surface area contributed by atoms with E-state index in [1.54, 1.807) is 0 Å². The zero-order valence-electron chi connectivity index (χ0n) is 9.28. The minimum Gasteiger partial charge on any atom is -0.493 e. The number of ether oxygens (including phenoxy) is 1. The standard InChI is InChI=1S/C13H19NO/c1-3-5-10-15-13-9-7-6-8-11(13)12(14)4-2/h3,6-9,12H,1,4-5,10,14H2,2H3/t12-/m0/s1. The molecule has 2 N–H and O–H groups in total. The van der Waals surface area contributed by atoms with E-state index >= 15 is 0 Å². The molecule has 0 fully saturated rings. The summed E-state index contributed by atoms with van der Waals surface area (Å²) in [7, 11) is 0. The van der Waals surface area contributed by atoms with Crippen molar-refractivity contribution in [1.29, 1.82) is 0 Å². The van der Waals surface area contributed by atoms with Crippen LogP contribution < -0.4 is 10.5 Å². The van der Waals surface area contributed by atoms with E-state index < -0.39 is 0 Å². The normalized spacial score (nSPS) is 12.1. The van der Waals surface area contributed by atoms with Crippen LogP contribution in [0.1, 0.15) is 31.4 Å². The fraction of sp³-hybridized carbons (Fsp3) is 0.385. The zero-order chi connectivity index (χ0) is 11.1. The molecule has 0 unspecified atom stereocenters. The average Bonchev–Trinajstić information content (AvgIpc) is 2.29. The Bertz CT molecular complexity index is 309. The van der Waals surface area contributed by atoms with Gasteiger partial charge in [0.1, 0.15) is 5.75 Å². The van der Waals surface area contributed by atoms with Gasteiger partial charge in [-0.3, -0.25) is 0 Å². The molecule has 82 valence electrons. The second-order valence-electron chi connectivity index (χ2n) is 3.48. The maximum atomic E-state index is 6.00. The lowest BCUT2D eigenvalue weighted by Gasteiger charge is -2.15. The zero-order valence-corrected chi connectivity index (χ0v) is 9.28. The Kier molecular flexibility index (Phi) is 4.91. The third-order valence-corrected chi connectivity index (χ3v) is 2.34. The molecule has 2 heteroatoms. The van der Waals surface area contributed by atoms with E-state index in [0.717, 1.165) is 24.2 Å². The van der Waals surface area contributed by atoms with Crippen molar-refractivity contribution in [1.82, 2.24) is 0 Å². The molecule has 0 saturated heterocycles. The SMILES string of the molecule is C=CCCOc1ccccc1[C@@H](N)CC. The van der Waals surface area contributed by atoms with Gasteiger partial charge in [0.2, 0.25) is 0 Å². The van der Waals surface area contributed by atoms with Gasteiger partial charge in [0.05, 0.1) is 6.61 Å². The second kappa shape index (κ2) is 6.25. The quantitative estimate of drug-likeness (QED) is 0.572. The van der Waals surface area contributed by atoms with Crippen molar-refractivity contribution in [2.75, 3.05) is 6.61 Å². The smallest absolute Gasteiger partial charge is 0.124 e. The van der Waals surface area contributed by atoms with Crippen molar-refractivity contribution in [3.8, 4) is 5.75 Å². The first kappa shape index (κ1) is 11.8. The first-order valence-corrected chi connectivity index (χ1v) is 5.37. The molecular formula is C13H19NO. The predicted molar refractivity (Wildman–Crippen MR) is 64.0 cm³/mol. The lowest BCUT2D eigenvalue weighted by atomic mass is 10.0. The Balaban J connectivity index is 2.72. The van der Waals surface area contributed by atoms with Crippen LogP contribution in [-0.2, 0) is 0 Å². The molecule has 0 heterocycles. The minimum absolute atomic E-state index is 0.0601. The molecule has 1 atom stereocenters. The summed E-state index contributed by atoms with van der Waals surface area (Å²) in [4.78, 5) is 0. The average molecular weight is 205 g/mol. The van der Waals surface area contributed by atoms with Crippen LogP contribution in [0.5, 0.6) is 5.75 Å². The van der Waals surface area contributed by atoms with E-state index in [1.165, 1.54) is 0 Å². The maximum absolute atomic E-state index is 6.00. The van der Waals surface area contributed by atoms with E-state index in [-0.39, 0.29) is 6.04 Å². The third kappa shape index (κ3) is 3.40. The number of benzene rings is 1. The van der Waals surface area contributed by atoms with Gasteiger partial charge in [0, 0.05) is 11.6 Å². The van der Waals surface area contributed by atoms with Gasteiger partial charge >= 0.3 is 0 Å². The number of nitrogens with two attached hydrogens (primary N) is 1. The van der Waals surface area contributed by atoms with E-state index in [1.807, 2.05) is 30.3 Å². The summed E-state index contributed by atoms with van der Waals surface area (Å²) < 4.78 is 5.65. The van der Waals surface area contributed by atoms with Crippen molar-refractivity contribution >= 4 is 0 Å². The van der Waals surface area contributed by atoms with Gasteiger partial charge in [-0.15, -0.1) is 6.58 Å². The lowest BCUT2D eigenvalue weighted by Crippen LogP contribution is -2.11. The van der Waals surface area contributed by atoms with Gasteiger partial charge < -0.3 is 10.5 Å². The van der Waals surface area contributed by atoms with Crippen LogP contribution in [0.15, 0.2) is 36.9 Å². The second-order valence-corrected chi connectivity index (χ2v) is 3.48. The summed E-state index contributed by atoms with van der Waals surface area (Å²) in [6, 6.07) is 8.01. The summed E-state index contributed by atoms with van der Waals surface area (Å²) in [5.41, 5.74) is 7.09. The molecule has 0 amide bonds. The summed E-state index contributed by atoms with van der Waals surface area (Å²) >= 11 is 0. The number of para-hydroxylation sites is 1. The summed E-state index contributed by atoms with van der Waals surface area (Å²) in [6.45, 7) is 6.40. The van der Waals surface area contributed by atoms with Crippen molar-refractivity contribution in [2.24, 2.45) is 5.73 Å². The highest BCUT2D eigenvalue weighted by molar-refractivity contribution is 5.35. The molecule has 0 bridgehead atoms. The highest BCUT2D eigenvalue weighted by Crippen LogP contribution is 2.25. The van der Waals surface area contributed by atoms with Gasteiger partial charge in [0.15, 0.2) is 0 Å². The van der Waals surface area contributed by atoms with E-state index in [9.17, 15) is 0 Å². The van der Waals surface area contributed by atoms with E-state index in [0.29, 0.717) is 6.61 Å². The van der Waals surface area contributed by atoms with Crippen LogP contribution in [0.2, 0.25) is 0 Å². The third-order valence-electron chi connectivity index (χ3n) is 2.34. The van der Waals surface area contributed by atoms with Gasteiger partial charge in [0.25, 0.3) is 0 Å². The van der Waals surface area contributed by atoms with Gasteiger partial charge in [-0.25, -0.2) is 0 Å². The first-order chi connectivity index (χ1) is 7.29. The fourth-order valence-corrected chi connectivity index (χ4v) is 1.39. The molecule has 0 aliphatic carbocycles. The maximum Gasteiger partial charge on any atom is 0.124 e. The lowest BCUT2D eigenvalue weighted by molar-refractivity contribution is 0.319. The van der Waals surface area contributed by atoms with Crippen LogP contribution in [0.4, 0.5) is 0 Å². The Morgan fingerprint density at radius 3 is 2.87 bits per heavy atom. The molecule has 0 aliphatic rings. The highest BCUT2D eigenvalue weighted by Gasteiger charge is 2.08. The molecule has 0 saturated carbocycles. The summed E-state index contributed by atoms with van der Waals surface area (Å²) in [6.07, 6.45) is 3.62. The topological polar surface area (TPSA) is 35.2 Å². The van der Waals surface area contributed by atoms with Crippen molar-refractivity contribution in [3.63, 3.8) is 0 Å². The van der Waals surface area contributed by atoms with Gasteiger partial charge in [-0.2, -0.15) is 0 Å². The van der Waals surface area contributed by atoms with Crippen molar-refractivity contribution in [3.05, 3.63) is 42.5 Å². The van der Waals surface area contributed by atoms with Crippen LogP contribution in [0, 0.1) is 0 Å². The Hall–Kier alpha value is -1.28. The van der Waals surface area contributed by atoms with Crippen LogP contribution in [-0.4, -0.2) is 6.61 Å². The molecule has 2 nitrogen and oxygen atoms in total. The monoisotopic (exact) mass is 205 g/mol. The summed E-state index contributed by atoms with van der Waals surface area (Å²) in [5.74, 6) is 0.897. The molecule has 0 spiro atoms. The molecule has 0 aromatic heterocycles. The van der Waals surface area contributed by atoms with Gasteiger partial charge in [-0.1, -0.05) is 31.2 Å². The Morgan fingerprint density at radius 1 is 1.47 bits per heavy atom. The molecule has 0 radical (unpaired) electrons. The molecule has 0 aliphatic heterocycles. The highest BCUT2D eigenvalue weighted by atomic mass is 16.5. The van der Waals surface area contributed by atoms with Crippen LogP contribution >= 0.6 is 0 Å². The Morgan fingerprint density at radius 2 is 2.20 bits per heavy atom. The minimum atomic E-state index is 0.0601. The van der Waals surface area contributed by atoms with Crippen molar-refractivity contribution < 1.29 is 4.74 Å². The fourth-order valence-electron chi connectivity index (χ4n) is 1.39.